The van der Waals surface area contributed by atoms with E-state index in [-0.39, 0.29) is 0 Å². The van der Waals surface area contributed by atoms with Crippen LogP contribution in [0.1, 0.15) is 29.8 Å². The quantitative estimate of drug-likeness (QED) is 0.875. The molecule has 1 atom stereocenters. The third kappa shape index (κ3) is 3.20. The zero-order valence-electron chi connectivity index (χ0n) is 11.4. The van der Waals surface area contributed by atoms with Crippen molar-refractivity contribution in [2.45, 2.75) is 26.3 Å². The maximum Gasteiger partial charge on any atom is 0.0643 e. The lowest BCUT2D eigenvalue weighted by Gasteiger charge is -2.17. The van der Waals surface area contributed by atoms with Crippen LogP contribution in [0, 0.1) is 6.92 Å². The summed E-state index contributed by atoms with van der Waals surface area (Å²) in [6, 6.07) is 11.1. The van der Waals surface area contributed by atoms with E-state index < -0.39 is 0 Å². The summed E-state index contributed by atoms with van der Waals surface area (Å²) in [4.78, 5) is 0. The molecule has 1 N–H and O–H groups in total. The molecule has 1 aromatic heterocycles. The first-order valence-corrected chi connectivity index (χ1v) is 6.47. The zero-order chi connectivity index (χ0) is 13.0. The molecule has 18 heavy (non-hydrogen) atoms. The average Bonchev–Trinajstić information content (AvgIpc) is 2.74. The van der Waals surface area contributed by atoms with Gasteiger partial charge in [0.1, 0.15) is 0 Å². The van der Waals surface area contributed by atoms with Crippen molar-refractivity contribution in [3.8, 4) is 0 Å². The van der Waals surface area contributed by atoms with Crippen molar-refractivity contribution < 1.29 is 0 Å². The molecule has 2 rings (SSSR count). The second-order valence-electron chi connectivity index (χ2n) is 4.71. The Hall–Kier alpha value is -1.61. The van der Waals surface area contributed by atoms with E-state index in [1.165, 1.54) is 11.1 Å². The number of rotatable bonds is 5. The van der Waals surface area contributed by atoms with Gasteiger partial charge in [0.2, 0.25) is 0 Å². The zero-order valence-corrected chi connectivity index (χ0v) is 11.4. The number of benzene rings is 1. The highest BCUT2D eigenvalue weighted by atomic mass is 15.2. The Morgan fingerprint density at radius 2 is 2.17 bits per heavy atom. The first kappa shape index (κ1) is 12.8. The van der Waals surface area contributed by atoms with Crippen LogP contribution in [0.3, 0.4) is 0 Å². The molecule has 2 aromatic rings. The molecule has 0 radical (unpaired) electrons. The predicted octanol–water partition coefficient (Wildman–Crippen LogP) is 2.62. The van der Waals surface area contributed by atoms with E-state index in [9.17, 15) is 0 Å². The number of hydrogen-bond donors (Lipinski definition) is 1. The number of likely N-dealkylation sites (N-methyl/N-ethyl adjacent to an activating group) is 1. The fourth-order valence-electron chi connectivity index (χ4n) is 2.22. The Morgan fingerprint density at radius 3 is 2.78 bits per heavy atom. The van der Waals surface area contributed by atoms with E-state index >= 15 is 0 Å². The molecule has 0 aliphatic rings. The lowest BCUT2D eigenvalue weighted by atomic mass is 10.0. The van der Waals surface area contributed by atoms with E-state index in [1.54, 1.807) is 0 Å². The molecule has 1 aromatic carbocycles. The van der Waals surface area contributed by atoms with Crippen LogP contribution in [-0.4, -0.2) is 16.3 Å². The minimum absolute atomic E-state index is 0.338. The molecule has 0 saturated heterocycles. The molecule has 0 fully saturated rings. The first-order valence-electron chi connectivity index (χ1n) is 6.47. The fourth-order valence-corrected chi connectivity index (χ4v) is 2.22. The molecule has 1 heterocycles. The Bertz CT molecular complexity index is 502. The SMILES string of the molecule is CCNC(Cc1ccn(C)n1)c1cccc(C)c1. The minimum Gasteiger partial charge on any atom is -0.310 e. The predicted molar refractivity (Wildman–Crippen MR) is 74.5 cm³/mol. The van der Waals surface area contributed by atoms with E-state index in [1.807, 2.05) is 17.9 Å². The number of nitrogens with one attached hydrogen (secondary N) is 1. The van der Waals surface area contributed by atoms with Gasteiger partial charge in [0.25, 0.3) is 0 Å². The standard InChI is InChI=1S/C15H21N3/c1-4-16-15(11-14-8-9-18(3)17-14)13-7-5-6-12(2)10-13/h5-10,15-16H,4,11H2,1-3H3. The van der Waals surface area contributed by atoms with Crippen molar-refractivity contribution in [2.75, 3.05) is 6.54 Å². The minimum atomic E-state index is 0.338. The highest BCUT2D eigenvalue weighted by Crippen LogP contribution is 2.18. The van der Waals surface area contributed by atoms with Crippen molar-refractivity contribution in [1.82, 2.24) is 15.1 Å². The number of nitrogens with zero attached hydrogens (tertiary/aromatic N) is 2. The molecule has 96 valence electrons. The highest BCUT2D eigenvalue weighted by Gasteiger charge is 2.12. The lowest BCUT2D eigenvalue weighted by Crippen LogP contribution is -2.23. The number of aromatic nitrogens is 2. The number of aryl methyl sites for hydroxylation is 2. The summed E-state index contributed by atoms with van der Waals surface area (Å²) in [5.41, 5.74) is 3.77. The summed E-state index contributed by atoms with van der Waals surface area (Å²) >= 11 is 0. The molecule has 0 aliphatic carbocycles. The summed E-state index contributed by atoms with van der Waals surface area (Å²) in [5, 5.41) is 7.99. The Morgan fingerprint density at radius 1 is 1.33 bits per heavy atom. The van der Waals surface area contributed by atoms with Gasteiger partial charge in [-0.05, 0) is 25.1 Å². The molecule has 0 aliphatic heterocycles. The van der Waals surface area contributed by atoms with Gasteiger partial charge in [-0.3, -0.25) is 4.68 Å². The van der Waals surface area contributed by atoms with Crippen molar-refractivity contribution in [2.24, 2.45) is 7.05 Å². The summed E-state index contributed by atoms with van der Waals surface area (Å²) in [5.74, 6) is 0. The van der Waals surface area contributed by atoms with E-state index in [0.29, 0.717) is 6.04 Å². The van der Waals surface area contributed by atoms with Crippen LogP contribution in [0.5, 0.6) is 0 Å². The van der Waals surface area contributed by atoms with Gasteiger partial charge < -0.3 is 5.32 Å². The van der Waals surface area contributed by atoms with Gasteiger partial charge in [0.05, 0.1) is 5.69 Å². The Kier molecular flexibility index (Phi) is 4.15. The highest BCUT2D eigenvalue weighted by molar-refractivity contribution is 5.26. The smallest absolute Gasteiger partial charge is 0.0643 e. The fraction of sp³-hybridized carbons (Fsp3) is 0.400. The van der Waals surface area contributed by atoms with E-state index in [4.69, 9.17) is 0 Å². The van der Waals surface area contributed by atoms with Gasteiger partial charge in [0, 0.05) is 25.7 Å². The third-order valence-corrected chi connectivity index (χ3v) is 3.08. The molecule has 0 amide bonds. The van der Waals surface area contributed by atoms with Gasteiger partial charge in [-0.25, -0.2) is 0 Å². The van der Waals surface area contributed by atoms with E-state index in [0.717, 1.165) is 18.7 Å². The maximum absolute atomic E-state index is 4.46. The molecule has 0 spiro atoms. The monoisotopic (exact) mass is 243 g/mol. The normalized spacial score (nSPS) is 12.6. The van der Waals surface area contributed by atoms with Gasteiger partial charge >= 0.3 is 0 Å². The van der Waals surface area contributed by atoms with Crippen molar-refractivity contribution in [3.05, 3.63) is 53.3 Å². The molecule has 1 unspecified atom stereocenters. The maximum atomic E-state index is 4.46. The molecule has 0 saturated carbocycles. The van der Waals surface area contributed by atoms with Crippen molar-refractivity contribution in [3.63, 3.8) is 0 Å². The van der Waals surface area contributed by atoms with Gasteiger partial charge in [-0.15, -0.1) is 0 Å². The van der Waals surface area contributed by atoms with Crippen LogP contribution in [0.2, 0.25) is 0 Å². The Labute approximate surface area is 109 Å². The van der Waals surface area contributed by atoms with Gasteiger partial charge in [-0.2, -0.15) is 5.10 Å². The third-order valence-electron chi connectivity index (χ3n) is 3.08. The van der Waals surface area contributed by atoms with Crippen LogP contribution in [0.15, 0.2) is 36.5 Å². The van der Waals surface area contributed by atoms with Crippen molar-refractivity contribution >= 4 is 0 Å². The van der Waals surface area contributed by atoms with Crippen LogP contribution in [0.4, 0.5) is 0 Å². The number of hydrogen-bond acceptors (Lipinski definition) is 2. The van der Waals surface area contributed by atoms with Crippen LogP contribution >= 0.6 is 0 Å². The second-order valence-corrected chi connectivity index (χ2v) is 4.71. The summed E-state index contributed by atoms with van der Waals surface area (Å²) < 4.78 is 1.86. The lowest BCUT2D eigenvalue weighted by molar-refractivity contribution is 0.539. The summed E-state index contributed by atoms with van der Waals surface area (Å²) in [6.07, 6.45) is 2.92. The Balaban J connectivity index is 2.17. The largest absolute Gasteiger partial charge is 0.310 e. The molecular weight excluding hydrogens is 222 g/mol. The molecule has 0 bridgehead atoms. The second kappa shape index (κ2) is 5.83. The van der Waals surface area contributed by atoms with Gasteiger partial charge in [-0.1, -0.05) is 36.8 Å². The molecular formula is C15H21N3. The molecule has 3 heteroatoms. The molecule has 3 nitrogen and oxygen atoms in total. The van der Waals surface area contributed by atoms with Gasteiger partial charge in [0.15, 0.2) is 0 Å². The average molecular weight is 243 g/mol. The topological polar surface area (TPSA) is 29.9 Å². The van der Waals surface area contributed by atoms with Crippen LogP contribution in [0.25, 0.3) is 0 Å². The summed E-state index contributed by atoms with van der Waals surface area (Å²) in [6.45, 7) is 5.24. The van der Waals surface area contributed by atoms with Crippen LogP contribution in [-0.2, 0) is 13.5 Å². The van der Waals surface area contributed by atoms with Crippen LogP contribution < -0.4 is 5.32 Å². The van der Waals surface area contributed by atoms with E-state index in [2.05, 4.69) is 54.6 Å². The van der Waals surface area contributed by atoms with Crippen molar-refractivity contribution in [1.29, 1.82) is 0 Å². The first-order chi connectivity index (χ1) is 8.69. The summed E-state index contributed by atoms with van der Waals surface area (Å²) in [7, 11) is 1.96.